The van der Waals surface area contributed by atoms with Gasteiger partial charge in [0.2, 0.25) is 11.8 Å². The van der Waals surface area contributed by atoms with Gasteiger partial charge in [0.05, 0.1) is 19.8 Å². The maximum absolute atomic E-state index is 11.9. The van der Waals surface area contributed by atoms with Crippen molar-refractivity contribution in [2.24, 2.45) is 11.7 Å². The number of ether oxygens (including phenoxy) is 3. The highest BCUT2D eigenvalue weighted by molar-refractivity contribution is 5.78. The lowest BCUT2D eigenvalue weighted by molar-refractivity contribution is -0.140. The number of allylic oxidation sites excluding steroid dienone is 2. The van der Waals surface area contributed by atoms with E-state index in [1.807, 2.05) is 6.92 Å². The van der Waals surface area contributed by atoms with E-state index in [2.05, 4.69) is 28.9 Å². The van der Waals surface area contributed by atoms with Gasteiger partial charge in [-0.3, -0.25) is 14.4 Å². The summed E-state index contributed by atoms with van der Waals surface area (Å²) in [5.41, 5.74) is 5.46. The van der Waals surface area contributed by atoms with E-state index in [9.17, 15) is 14.4 Å². The molecule has 2 amide bonds. The van der Waals surface area contributed by atoms with Crippen LogP contribution in [-0.4, -0.2) is 87.1 Å². The molecule has 44 heavy (non-hydrogen) atoms. The predicted octanol–water partition coefficient (Wildman–Crippen LogP) is 4.43. The van der Waals surface area contributed by atoms with Crippen molar-refractivity contribution in [3.05, 3.63) is 24.5 Å². The largest absolute Gasteiger partial charge is 0.483 e. The lowest BCUT2D eigenvalue weighted by Crippen LogP contribution is -2.32. The van der Waals surface area contributed by atoms with E-state index in [4.69, 9.17) is 30.2 Å². The van der Waals surface area contributed by atoms with Gasteiger partial charge in [0.15, 0.2) is 6.61 Å². The van der Waals surface area contributed by atoms with E-state index < -0.39 is 5.97 Å². The van der Waals surface area contributed by atoms with Crippen LogP contribution in [0.4, 0.5) is 0 Å². The van der Waals surface area contributed by atoms with Gasteiger partial charge in [0.25, 0.3) is 6.47 Å². The summed E-state index contributed by atoms with van der Waals surface area (Å²) in [5.74, 6) is -0.643. The Kier molecular flexibility index (Phi) is 39.3. The number of carbonyl (C=O) groups is 4. The zero-order valence-electron chi connectivity index (χ0n) is 27.5. The number of unbranched alkanes of at least 4 members (excludes halogenated alkanes) is 9. The molecule has 0 aliphatic heterocycles. The lowest BCUT2D eigenvalue weighted by atomic mass is 10.0. The summed E-state index contributed by atoms with van der Waals surface area (Å²) in [6.07, 6.45) is 17.6. The molecule has 0 spiro atoms. The van der Waals surface area contributed by atoms with E-state index in [-0.39, 0.29) is 37.4 Å². The molecule has 0 radical (unpaired) electrons. The Morgan fingerprint density at radius 3 is 2.02 bits per heavy atom. The second kappa shape index (κ2) is 38.1. The molecule has 0 saturated heterocycles. The molecule has 0 aromatic rings. The first-order valence-corrected chi connectivity index (χ1v) is 15.8. The highest BCUT2D eigenvalue weighted by atomic mass is 16.5. The van der Waals surface area contributed by atoms with E-state index in [0.717, 1.165) is 32.2 Å². The molecule has 6 N–H and O–H groups in total. The fraction of sp³-hybridized carbons (Fsp3) is 0.750. The molecule has 0 aliphatic rings. The van der Waals surface area contributed by atoms with Gasteiger partial charge < -0.3 is 40.8 Å². The van der Waals surface area contributed by atoms with Crippen LogP contribution in [0, 0.1) is 5.92 Å². The minimum absolute atomic E-state index is 0.00365. The van der Waals surface area contributed by atoms with Crippen molar-refractivity contribution >= 4 is 24.3 Å². The molecule has 0 rings (SSSR count). The molecular formula is C32H61N3O9. The molecule has 0 aromatic heterocycles. The third kappa shape index (κ3) is 41.2. The highest BCUT2D eigenvalue weighted by Gasteiger charge is 2.11. The van der Waals surface area contributed by atoms with Gasteiger partial charge in [-0.2, -0.15) is 0 Å². The van der Waals surface area contributed by atoms with Crippen LogP contribution >= 0.6 is 0 Å². The number of hydrogen-bond donors (Lipinski definition) is 5. The minimum atomic E-state index is -0.995. The monoisotopic (exact) mass is 631 g/mol. The van der Waals surface area contributed by atoms with Crippen LogP contribution < -0.4 is 16.4 Å². The number of nitrogens with two attached hydrogens (primary N) is 1. The Balaban J connectivity index is -0.00000107. The number of aliphatic carboxylic acids is 1. The van der Waals surface area contributed by atoms with Crippen molar-refractivity contribution in [2.45, 2.75) is 97.8 Å². The van der Waals surface area contributed by atoms with Gasteiger partial charge in [-0.05, 0) is 38.8 Å². The van der Waals surface area contributed by atoms with Gasteiger partial charge in [-0.1, -0.05) is 84.3 Å². The topological polar surface area (TPSA) is 187 Å². The first kappa shape index (κ1) is 45.5. The molecule has 1 unspecified atom stereocenters. The van der Waals surface area contributed by atoms with Crippen molar-refractivity contribution in [1.29, 1.82) is 0 Å². The zero-order valence-corrected chi connectivity index (χ0v) is 27.5. The van der Waals surface area contributed by atoms with Crippen LogP contribution in [-0.2, 0) is 33.4 Å². The number of carboxylic acids is 1. The molecule has 12 nitrogen and oxygen atoms in total. The second-order valence-corrected chi connectivity index (χ2v) is 10.1. The third-order valence-electron chi connectivity index (χ3n) is 6.03. The predicted molar refractivity (Wildman–Crippen MR) is 173 cm³/mol. The highest BCUT2D eigenvalue weighted by Crippen LogP contribution is 2.09. The first-order valence-electron chi connectivity index (χ1n) is 15.8. The van der Waals surface area contributed by atoms with Crippen LogP contribution in [0.5, 0.6) is 0 Å². The van der Waals surface area contributed by atoms with Gasteiger partial charge in [0, 0.05) is 19.0 Å². The molecule has 0 aliphatic carbocycles. The number of carbonyl (C=O) groups excluding carboxylic acids is 2. The van der Waals surface area contributed by atoms with E-state index >= 15 is 0 Å². The zero-order chi connectivity index (χ0) is 33.7. The van der Waals surface area contributed by atoms with Crippen molar-refractivity contribution < 1.29 is 43.6 Å². The smallest absolute Gasteiger partial charge is 0.341 e. The quantitative estimate of drug-likeness (QED) is 0.0376. The normalized spacial score (nSPS) is 10.9. The molecule has 0 aromatic carbocycles. The molecule has 0 saturated carbocycles. The lowest BCUT2D eigenvalue weighted by Gasteiger charge is -2.12. The Bertz CT molecular complexity index is 734. The summed E-state index contributed by atoms with van der Waals surface area (Å²) in [4.78, 5) is 41.9. The van der Waals surface area contributed by atoms with Crippen molar-refractivity contribution in [1.82, 2.24) is 10.6 Å². The number of hydrogen-bond acceptors (Lipinski definition) is 8. The van der Waals surface area contributed by atoms with Gasteiger partial charge >= 0.3 is 5.97 Å². The molecule has 1 atom stereocenters. The average Bonchev–Trinajstić information content (AvgIpc) is 2.99. The Labute approximate surface area is 265 Å². The van der Waals surface area contributed by atoms with Crippen LogP contribution in [0.1, 0.15) is 97.8 Å². The number of amides is 2. The molecule has 0 heterocycles. The van der Waals surface area contributed by atoms with Crippen molar-refractivity contribution in [2.75, 3.05) is 52.7 Å². The Morgan fingerprint density at radius 2 is 1.45 bits per heavy atom. The molecule has 12 heteroatoms. The third-order valence-corrected chi connectivity index (χ3v) is 6.03. The van der Waals surface area contributed by atoms with Crippen LogP contribution in [0.3, 0.4) is 0 Å². The maximum atomic E-state index is 11.9. The summed E-state index contributed by atoms with van der Waals surface area (Å²) in [5, 5.41) is 20.8. The number of rotatable bonds is 27. The SMILES string of the molecule is C=C(/C=C\C)OCC(=O)O.CCCCCCCCCCCNC(=O)COCCOCCNC(=O)C(C)CCCCN.O=CO. The summed E-state index contributed by atoms with van der Waals surface area (Å²) < 4.78 is 15.4. The van der Waals surface area contributed by atoms with Gasteiger partial charge in [0.1, 0.15) is 12.4 Å². The molecule has 258 valence electrons. The van der Waals surface area contributed by atoms with Crippen molar-refractivity contribution in [3.8, 4) is 0 Å². The summed E-state index contributed by atoms with van der Waals surface area (Å²) in [7, 11) is 0. The van der Waals surface area contributed by atoms with E-state index in [1.54, 1.807) is 19.1 Å². The number of nitrogens with one attached hydrogen (secondary N) is 2. The first-order chi connectivity index (χ1) is 21.2. The molecular weight excluding hydrogens is 570 g/mol. The minimum Gasteiger partial charge on any atom is -0.483 e. The summed E-state index contributed by atoms with van der Waals surface area (Å²) in [6.45, 7) is 12.0. The Hall–Kier alpha value is -2.96. The number of carboxylic acid groups (broad SMARTS) is 2. The van der Waals surface area contributed by atoms with Gasteiger partial charge in [-0.25, -0.2) is 4.79 Å². The second-order valence-electron chi connectivity index (χ2n) is 10.1. The fourth-order valence-electron chi connectivity index (χ4n) is 3.63. The molecule has 0 fully saturated rings. The standard InChI is InChI=1S/C24H49N3O4.C7H10O3.CH2O2/c1-3-4-5-6-7-8-9-10-13-16-26-23(28)21-31-20-19-30-18-17-27-24(29)22(2)14-11-12-15-25;1-3-4-6(2)10-5-7(8)9;2-1-3/h22H,3-21,25H2,1-2H3,(H,26,28)(H,27,29);3-4H,2,5H2,1H3,(H,8,9);1H,(H,2,3)/b;4-3-;. The fourth-order valence-corrected chi connectivity index (χ4v) is 3.63. The summed E-state index contributed by atoms with van der Waals surface area (Å²) >= 11 is 0. The Morgan fingerprint density at radius 1 is 0.864 bits per heavy atom. The molecule has 0 bridgehead atoms. The maximum Gasteiger partial charge on any atom is 0.341 e. The van der Waals surface area contributed by atoms with Crippen molar-refractivity contribution in [3.63, 3.8) is 0 Å². The van der Waals surface area contributed by atoms with Crippen LogP contribution in [0.25, 0.3) is 0 Å². The van der Waals surface area contributed by atoms with Crippen LogP contribution in [0.15, 0.2) is 24.5 Å². The van der Waals surface area contributed by atoms with E-state index in [0.29, 0.717) is 38.7 Å². The average molecular weight is 632 g/mol. The summed E-state index contributed by atoms with van der Waals surface area (Å²) in [6, 6.07) is 0. The van der Waals surface area contributed by atoms with Gasteiger partial charge in [-0.15, -0.1) is 0 Å². The van der Waals surface area contributed by atoms with E-state index in [1.165, 1.54) is 51.4 Å². The van der Waals surface area contributed by atoms with Crippen LogP contribution in [0.2, 0.25) is 0 Å².